The molecule has 1 N–H and O–H groups in total. The lowest BCUT2D eigenvalue weighted by molar-refractivity contribution is -0.143. The zero-order valence-electron chi connectivity index (χ0n) is 21.2. The van der Waals surface area contributed by atoms with Gasteiger partial charge in [0, 0.05) is 12.1 Å². The van der Waals surface area contributed by atoms with E-state index >= 15 is 0 Å². The molecule has 0 bridgehead atoms. The maximum absolute atomic E-state index is 13.3. The molecular weight excluding hydrogens is 471 g/mol. The third kappa shape index (κ3) is 8.21. The van der Waals surface area contributed by atoms with Crippen LogP contribution in [0.1, 0.15) is 66.0 Å². The number of rotatable bonds is 8. The molecule has 0 saturated carbocycles. The number of amides is 2. The highest BCUT2D eigenvalue weighted by Gasteiger charge is 2.31. The van der Waals surface area contributed by atoms with Crippen molar-refractivity contribution in [1.82, 2.24) is 10.2 Å². The normalized spacial score (nSPS) is 12.7. The summed E-state index contributed by atoms with van der Waals surface area (Å²) in [5.41, 5.74) is 1.56. The number of nitrogens with one attached hydrogen (secondary N) is 1. The monoisotopic (exact) mass is 506 g/mol. The van der Waals surface area contributed by atoms with Gasteiger partial charge in [-0.05, 0) is 68.0 Å². The van der Waals surface area contributed by atoms with Crippen molar-refractivity contribution in [1.29, 1.82) is 0 Å². The van der Waals surface area contributed by atoms with Crippen LogP contribution in [0.2, 0.25) is 10.0 Å². The second kappa shape index (κ2) is 11.5. The van der Waals surface area contributed by atoms with Gasteiger partial charge in [0.05, 0.1) is 10.0 Å². The highest BCUT2D eigenvalue weighted by Crippen LogP contribution is 2.26. The summed E-state index contributed by atoms with van der Waals surface area (Å²) in [5.74, 6) is 0.0999. The van der Waals surface area contributed by atoms with E-state index in [1.165, 1.54) is 5.56 Å². The summed E-state index contributed by atoms with van der Waals surface area (Å²) in [6.45, 7) is 14.1. The Morgan fingerprint density at radius 3 is 2.09 bits per heavy atom. The van der Waals surface area contributed by atoms with E-state index < -0.39 is 11.6 Å². The number of hydrogen-bond donors (Lipinski definition) is 1. The number of hydrogen-bond acceptors (Lipinski definition) is 3. The molecular formula is C27H36Cl2N2O3. The topological polar surface area (TPSA) is 58.6 Å². The summed E-state index contributed by atoms with van der Waals surface area (Å²) in [6, 6.07) is 12.3. The molecule has 0 unspecified atom stereocenters. The first-order valence-electron chi connectivity index (χ1n) is 11.5. The molecule has 0 heterocycles. The Bertz CT molecular complexity index is 992. The second-order valence-corrected chi connectivity index (χ2v) is 11.3. The van der Waals surface area contributed by atoms with Gasteiger partial charge in [0.2, 0.25) is 5.91 Å². The van der Waals surface area contributed by atoms with Crippen LogP contribution < -0.4 is 10.1 Å². The Hall–Kier alpha value is -2.24. The van der Waals surface area contributed by atoms with E-state index in [2.05, 4.69) is 26.1 Å². The maximum atomic E-state index is 13.3. The molecule has 0 spiro atoms. The fraction of sp³-hybridized carbons (Fsp3) is 0.481. The van der Waals surface area contributed by atoms with Gasteiger partial charge in [-0.2, -0.15) is 0 Å². The number of nitrogens with zero attached hydrogens (tertiary/aromatic N) is 1. The fourth-order valence-electron chi connectivity index (χ4n) is 3.49. The predicted octanol–water partition coefficient (Wildman–Crippen LogP) is 6.39. The molecule has 0 radical (unpaired) electrons. The fourth-order valence-corrected chi connectivity index (χ4v) is 3.81. The Kier molecular flexibility index (Phi) is 9.44. The molecule has 0 aliphatic rings. The SMILES string of the molecule is CC[C@@H](C(=O)NC(C)(C)C)N(Cc1ccc(Cl)c(Cl)c1)C(=O)COc1ccc(C(C)(C)C)cc1. The van der Waals surface area contributed by atoms with Crippen molar-refractivity contribution < 1.29 is 14.3 Å². The van der Waals surface area contributed by atoms with Crippen LogP contribution in [0.3, 0.4) is 0 Å². The molecule has 2 aromatic carbocycles. The molecule has 1 atom stereocenters. The molecule has 2 aromatic rings. The van der Waals surface area contributed by atoms with Gasteiger partial charge in [-0.3, -0.25) is 9.59 Å². The van der Waals surface area contributed by atoms with Gasteiger partial charge in [-0.15, -0.1) is 0 Å². The van der Waals surface area contributed by atoms with Crippen LogP contribution in [0, 0.1) is 0 Å². The van der Waals surface area contributed by atoms with E-state index in [0.29, 0.717) is 22.2 Å². The first kappa shape index (κ1) is 28.0. The predicted molar refractivity (Wildman–Crippen MR) is 140 cm³/mol. The standard InChI is InChI=1S/C27H36Cl2N2O3/c1-8-23(25(33)30-27(5,6)7)31(16-18-9-14-21(28)22(29)15-18)24(32)17-34-20-12-10-19(11-13-20)26(2,3)4/h9-15,23H,8,16-17H2,1-7H3,(H,30,33)/t23-/m0/s1. The molecule has 2 amide bonds. The summed E-state index contributed by atoms with van der Waals surface area (Å²) >= 11 is 12.2. The number of ether oxygens (including phenoxy) is 1. The highest BCUT2D eigenvalue weighted by atomic mass is 35.5. The minimum atomic E-state index is -0.659. The molecule has 0 aliphatic carbocycles. The summed E-state index contributed by atoms with van der Waals surface area (Å²) in [5, 5.41) is 3.82. The van der Waals surface area contributed by atoms with Crippen LogP contribution in [0.15, 0.2) is 42.5 Å². The molecule has 5 nitrogen and oxygen atoms in total. The van der Waals surface area contributed by atoms with Crippen molar-refractivity contribution in [2.75, 3.05) is 6.61 Å². The third-order valence-corrected chi connectivity index (χ3v) is 6.04. The van der Waals surface area contributed by atoms with Crippen LogP contribution >= 0.6 is 23.2 Å². The first-order valence-corrected chi connectivity index (χ1v) is 12.3. The largest absolute Gasteiger partial charge is 0.484 e. The van der Waals surface area contributed by atoms with E-state index in [1.54, 1.807) is 23.1 Å². The summed E-state index contributed by atoms with van der Waals surface area (Å²) in [7, 11) is 0. The lowest BCUT2D eigenvalue weighted by atomic mass is 9.87. The van der Waals surface area contributed by atoms with Crippen LogP contribution in [0.5, 0.6) is 5.75 Å². The van der Waals surface area contributed by atoms with Crippen LogP contribution in [-0.4, -0.2) is 34.9 Å². The molecule has 34 heavy (non-hydrogen) atoms. The number of benzene rings is 2. The molecule has 0 aliphatic heterocycles. The summed E-state index contributed by atoms with van der Waals surface area (Å²) in [4.78, 5) is 27.9. The molecule has 186 valence electrons. The Morgan fingerprint density at radius 1 is 0.971 bits per heavy atom. The second-order valence-electron chi connectivity index (χ2n) is 10.5. The average molecular weight is 508 g/mol. The Labute approximate surface area is 213 Å². The van der Waals surface area contributed by atoms with Gasteiger partial charge in [-0.25, -0.2) is 0 Å². The molecule has 2 rings (SSSR count). The maximum Gasteiger partial charge on any atom is 0.261 e. The zero-order chi connectivity index (χ0) is 25.7. The minimum Gasteiger partial charge on any atom is -0.484 e. The molecule has 0 fully saturated rings. The number of carbonyl (C=O) groups is 2. The van der Waals surface area contributed by atoms with E-state index in [1.807, 2.05) is 52.0 Å². The third-order valence-electron chi connectivity index (χ3n) is 5.30. The van der Waals surface area contributed by atoms with Gasteiger partial charge >= 0.3 is 0 Å². The van der Waals surface area contributed by atoms with Gasteiger partial charge in [0.15, 0.2) is 6.61 Å². The van der Waals surface area contributed by atoms with E-state index in [9.17, 15) is 9.59 Å². The Morgan fingerprint density at radius 2 is 1.59 bits per heavy atom. The minimum absolute atomic E-state index is 0.0275. The van der Waals surface area contributed by atoms with Crippen molar-refractivity contribution in [2.45, 2.75) is 78.4 Å². The Balaban J connectivity index is 2.24. The van der Waals surface area contributed by atoms with Crippen molar-refractivity contribution in [3.05, 3.63) is 63.6 Å². The van der Waals surface area contributed by atoms with Crippen LogP contribution in [-0.2, 0) is 21.5 Å². The summed E-state index contributed by atoms with van der Waals surface area (Å²) < 4.78 is 5.80. The number of halogens is 2. The number of carbonyl (C=O) groups excluding carboxylic acids is 2. The van der Waals surface area contributed by atoms with Gasteiger partial charge in [-0.1, -0.05) is 69.1 Å². The zero-order valence-corrected chi connectivity index (χ0v) is 22.7. The van der Waals surface area contributed by atoms with Crippen LogP contribution in [0.25, 0.3) is 0 Å². The van der Waals surface area contributed by atoms with E-state index in [-0.39, 0.29) is 30.4 Å². The van der Waals surface area contributed by atoms with Crippen molar-refractivity contribution in [2.24, 2.45) is 0 Å². The highest BCUT2D eigenvalue weighted by molar-refractivity contribution is 6.42. The van der Waals surface area contributed by atoms with Crippen molar-refractivity contribution >= 4 is 35.0 Å². The molecule has 0 saturated heterocycles. The lowest BCUT2D eigenvalue weighted by Crippen LogP contribution is -2.54. The van der Waals surface area contributed by atoms with Crippen LogP contribution in [0.4, 0.5) is 0 Å². The summed E-state index contributed by atoms with van der Waals surface area (Å²) in [6.07, 6.45) is 0.454. The van der Waals surface area contributed by atoms with E-state index in [0.717, 1.165) is 5.56 Å². The van der Waals surface area contributed by atoms with Gasteiger partial charge in [0.1, 0.15) is 11.8 Å². The lowest BCUT2D eigenvalue weighted by Gasteiger charge is -2.33. The quantitative estimate of drug-likeness (QED) is 0.450. The van der Waals surface area contributed by atoms with Crippen molar-refractivity contribution in [3.63, 3.8) is 0 Å². The molecule has 0 aromatic heterocycles. The first-order chi connectivity index (χ1) is 15.7. The van der Waals surface area contributed by atoms with Crippen molar-refractivity contribution in [3.8, 4) is 5.75 Å². The molecule has 7 heteroatoms. The van der Waals surface area contributed by atoms with Gasteiger partial charge in [0.25, 0.3) is 5.91 Å². The average Bonchev–Trinajstić information content (AvgIpc) is 2.72. The van der Waals surface area contributed by atoms with E-state index in [4.69, 9.17) is 27.9 Å². The van der Waals surface area contributed by atoms with Gasteiger partial charge < -0.3 is 15.0 Å². The smallest absolute Gasteiger partial charge is 0.261 e.